The van der Waals surface area contributed by atoms with Crippen molar-refractivity contribution in [3.05, 3.63) is 0 Å². The van der Waals surface area contributed by atoms with E-state index in [0.29, 0.717) is 25.8 Å². The van der Waals surface area contributed by atoms with Gasteiger partial charge in [-0.2, -0.15) is 0 Å². The lowest BCUT2D eigenvalue weighted by molar-refractivity contribution is -0.151. The molecule has 116 valence electrons. The minimum absolute atomic E-state index is 0.0144. The van der Waals surface area contributed by atoms with E-state index in [9.17, 15) is 18.3 Å². The lowest BCUT2D eigenvalue weighted by atomic mass is 9.79. The number of rotatable bonds is 4. The zero-order valence-corrected chi connectivity index (χ0v) is 13.0. The van der Waals surface area contributed by atoms with Crippen LogP contribution in [0.15, 0.2) is 0 Å². The highest BCUT2D eigenvalue weighted by molar-refractivity contribution is 7.91. The molecule has 2 aliphatic rings. The first kappa shape index (κ1) is 15.8. The summed E-state index contributed by atoms with van der Waals surface area (Å²) in [6.07, 6.45) is 6.20. The Morgan fingerprint density at radius 3 is 2.30 bits per heavy atom. The van der Waals surface area contributed by atoms with E-state index in [0.717, 1.165) is 25.7 Å². The van der Waals surface area contributed by atoms with Crippen molar-refractivity contribution in [1.29, 1.82) is 0 Å². The van der Waals surface area contributed by atoms with Gasteiger partial charge in [-0.25, -0.2) is 8.42 Å². The third-order valence-corrected chi connectivity index (χ3v) is 6.65. The molecule has 2 fully saturated rings. The van der Waals surface area contributed by atoms with Crippen molar-refractivity contribution in [3.8, 4) is 0 Å². The quantitative estimate of drug-likeness (QED) is 0.797. The summed E-state index contributed by atoms with van der Waals surface area (Å²) in [5, 5.41) is 9.66. The zero-order valence-electron chi connectivity index (χ0n) is 12.2. The highest BCUT2D eigenvalue weighted by atomic mass is 32.2. The van der Waals surface area contributed by atoms with E-state index in [1.807, 2.05) is 11.9 Å². The largest absolute Gasteiger partial charge is 0.481 e. The number of carboxylic acids is 1. The van der Waals surface area contributed by atoms with Crippen molar-refractivity contribution in [2.45, 2.75) is 51.0 Å². The first-order valence-electron chi connectivity index (χ1n) is 7.49. The van der Waals surface area contributed by atoms with Gasteiger partial charge in [0.05, 0.1) is 16.9 Å². The summed E-state index contributed by atoms with van der Waals surface area (Å²) >= 11 is 0. The molecule has 5 nitrogen and oxygen atoms in total. The van der Waals surface area contributed by atoms with Crippen molar-refractivity contribution >= 4 is 15.8 Å². The Morgan fingerprint density at radius 2 is 1.85 bits per heavy atom. The zero-order chi connectivity index (χ0) is 14.8. The van der Waals surface area contributed by atoms with Crippen LogP contribution in [0.5, 0.6) is 0 Å². The maximum atomic E-state index is 11.8. The molecular weight excluding hydrogens is 278 g/mol. The van der Waals surface area contributed by atoms with E-state index in [1.165, 1.54) is 0 Å². The maximum absolute atomic E-state index is 11.8. The first-order chi connectivity index (χ1) is 9.35. The SMILES string of the molecule is CN(CC1(C(=O)O)CCCCCC1)C1CCS(=O)(=O)C1. The van der Waals surface area contributed by atoms with Gasteiger partial charge in [-0.1, -0.05) is 25.7 Å². The van der Waals surface area contributed by atoms with Gasteiger partial charge in [0.25, 0.3) is 0 Å². The minimum Gasteiger partial charge on any atom is -0.481 e. The fourth-order valence-electron chi connectivity index (χ4n) is 3.57. The van der Waals surface area contributed by atoms with Gasteiger partial charge < -0.3 is 10.0 Å². The van der Waals surface area contributed by atoms with Crippen LogP contribution in [0, 0.1) is 5.41 Å². The second-order valence-corrected chi connectivity index (χ2v) is 8.70. The van der Waals surface area contributed by atoms with Gasteiger partial charge in [0.15, 0.2) is 9.84 Å². The molecule has 6 heteroatoms. The molecule has 1 saturated heterocycles. The van der Waals surface area contributed by atoms with Crippen molar-refractivity contribution in [1.82, 2.24) is 4.90 Å². The van der Waals surface area contributed by atoms with Gasteiger partial charge in [0.1, 0.15) is 0 Å². The fraction of sp³-hybridized carbons (Fsp3) is 0.929. The van der Waals surface area contributed by atoms with Gasteiger partial charge in [-0.15, -0.1) is 0 Å². The first-order valence-corrected chi connectivity index (χ1v) is 9.31. The summed E-state index contributed by atoms with van der Waals surface area (Å²) in [6.45, 7) is 0.475. The predicted octanol–water partition coefficient (Wildman–Crippen LogP) is 1.53. The van der Waals surface area contributed by atoms with Crippen LogP contribution in [0.25, 0.3) is 0 Å². The van der Waals surface area contributed by atoms with Crippen molar-refractivity contribution in [3.63, 3.8) is 0 Å². The molecule has 20 heavy (non-hydrogen) atoms. The number of carboxylic acid groups (broad SMARTS) is 1. The fourth-order valence-corrected chi connectivity index (χ4v) is 5.38. The molecule has 1 aliphatic carbocycles. The molecule has 1 N–H and O–H groups in total. The van der Waals surface area contributed by atoms with Gasteiger partial charge in [0, 0.05) is 12.6 Å². The van der Waals surface area contributed by atoms with E-state index in [2.05, 4.69) is 0 Å². The Balaban J connectivity index is 2.06. The Bertz CT molecular complexity index is 452. The van der Waals surface area contributed by atoms with E-state index in [4.69, 9.17) is 0 Å². The Labute approximate surface area is 121 Å². The highest BCUT2D eigenvalue weighted by Gasteiger charge is 2.42. The summed E-state index contributed by atoms with van der Waals surface area (Å²) in [4.78, 5) is 13.7. The van der Waals surface area contributed by atoms with E-state index in [1.54, 1.807) is 0 Å². The molecule has 1 unspecified atom stereocenters. The molecule has 0 bridgehead atoms. The Hall–Kier alpha value is -0.620. The number of nitrogens with zero attached hydrogens (tertiary/aromatic N) is 1. The lowest BCUT2D eigenvalue weighted by Gasteiger charge is -2.35. The summed E-state index contributed by atoms with van der Waals surface area (Å²) in [7, 11) is -1.04. The molecule has 1 atom stereocenters. The molecule has 0 radical (unpaired) electrons. The van der Waals surface area contributed by atoms with Crippen LogP contribution in [0.1, 0.15) is 44.9 Å². The summed E-state index contributed by atoms with van der Waals surface area (Å²) in [5.41, 5.74) is -0.683. The third-order valence-electron chi connectivity index (χ3n) is 4.90. The molecule has 1 saturated carbocycles. The Kier molecular flexibility index (Phi) is 4.74. The molecular formula is C14H25NO4S. The van der Waals surface area contributed by atoms with Gasteiger partial charge in [0.2, 0.25) is 0 Å². The average molecular weight is 303 g/mol. The second-order valence-electron chi connectivity index (χ2n) is 6.47. The van der Waals surface area contributed by atoms with Crippen molar-refractivity contribution in [2.75, 3.05) is 25.1 Å². The monoisotopic (exact) mass is 303 g/mol. The molecule has 0 amide bonds. The van der Waals surface area contributed by atoms with Crippen LogP contribution in [0.2, 0.25) is 0 Å². The van der Waals surface area contributed by atoms with Crippen LogP contribution in [0.3, 0.4) is 0 Å². The van der Waals surface area contributed by atoms with E-state index < -0.39 is 21.2 Å². The summed E-state index contributed by atoms with van der Waals surface area (Å²) < 4.78 is 23.1. The highest BCUT2D eigenvalue weighted by Crippen LogP contribution is 2.37. The second kappa shape index (κ2) is 6.02. The molecule has 0 aromatic heterocycles. The number of aliphatic carboxylic acids is 1. The molecule has 2 rings (SSSR count). The number of carbonyl (C=O) groups is 1. The van der Waals surface area contributed by atoms with Gasteiger partial charge >= 0.3 is 5.97 Å². The van der Waals surface area contributed by atoms with Crippen LogP contribution < -0.4 is 0 Å². The number of hydrogen-bond acceptors (Lipinski definition) is 4. The van der Waals surface area contributed by atoms with Gasteiger partial charge in [-0.3, -0.25) is 4.79 Å². The average Bonchev–Trinajstić information content (AvgIpc) is 2.60. The van der Waals surface area contributed by atoms with Crippen LogP contribution in [0.4, 0.5) is 0 Å². The Morgan fingerprint density at radius 1 is 1.25 bits per heavy atom. The molecule has 0 aromatic carbocycles. The molecule has 0 aromatic rings. The van der Waals surface area contributed by atoms with Crippen molar-refractivity contribution in [2.24, 2.45) is 5.41 Å². The topological polar surface area (TPSA) is 74.7 Å². The standard InChI is InChI=1S/C14H25NO4S/c1-15(12-6-9-20(18,19)10-12)11-14(13(16)17)7-4-2-3-5-8-14/h12H,2-11H2,1H3,(H,16,17). The smallest absolute Gasteiger partial charge is 0.310 e. The normalized spacial score (nSPS) is 29.2. The maximum Gasteiger partial charge on any atom is 0.310 e. The van der Waals surface area contributed by atoms with E-state index >= 15 is 0 Å². The predicted molar refractivity (Wildman–Crippen MR) is 77.5 cm³/mol. The van der Waals surface area contributed by atoms with E-state index in [-0.39, 0.29) is 17.5 Å². The minimum atomic E-state index is -2.92. The molecule has 1 aliphatic heterocycles. The molecule has 0 spiro atoms. The van der Waals surface area contributed by atoms with Crippen LogP contribution in [-0.2, 0) is 14.6 Å². The van der Waals surface area contributed by atoms with Gasteiger partial charge in [-0.05, 0) is 26.3 Å². The van der Waals surface area contributed by atoms with Crippen LogP contribution in [-0.4, -0.2) is 55.5 Å². The lowest BCUT2D eigenvalue weighted by Crippen LogP contribution is -2.45. The van der Waals surface area contributed by atoms with Crippen LogP contribution >= 0.6 is 0 Å². The molecule has 1 heterocycles. The third kappa shape index (κ3) is 3.52. The summed E-state index contributed by atoms with van der Waals surface area (Å²) in [6, 6.07) is -0.0144. The number of hydrogen-bond donors (Lipinski definition) is 1. The number of sulfone groups is 1. The summed E-state index contributed by atoms with van der Waals surface area (Å²) in [5.74, 6) is -0.298. The van der Waals surface area contributed by atoms with Crippen molar-refractivity contribution < 1.29 is 18.3 Å².